The largest absolute Gasteiger partial charge is 0.349 e. The number of halogens is 2. The lowest BCUT2D eigenvalue weighted by Crippen LogP contribution is -2.46. The molecule has 2 amide bonds. The lowest BCUT2D eigenvalue weighted by molar-refractivity contribution is -0.132. The summed E-state index contributed by atoms with van der Waals surface area (Å²) >= 11 is 0. The van der Waals surface area contributed by atoms with Crippen LogP contribution in [0.15, 0.2) is 24.3 Å². The van der Waals surface area contributed by atoms with E-state index in [1.165, 1.54) is 30.7 Å². The van der Waals surface area contributed by atoms with Crippen LogP contribution < -0.4 is 10.6 Å². The number of amides is 2. The zero-order valence-corrected chi connectivity index (χ0v) is 15.7. The van der Waals surface area contributed by atoms with Crippen LogP contribution in [0, 0.1) is 11.7 Å². The number of hydrogen-bond donors (Lipinski definition) is 2. The van der Waals surface area contributed by atoms with Crippen LogP contribution in [-0.2, 0) is 4.79 Å². The molecule has 2 fully saturated rings. The highest BCUT2D eigenvalue weighted by atomic mass is 35.5. The molecule has 144 valence electrons. The molecule has 26 heavy (non-hydrogen) atoms. The van der Waals surface area contributed by atoms with Crippen LogP contribution in [-0.4, -0.2) is 48.9 Å². The average Bonchev–Trinajstić information content (AvgIpc) is 3.14. The molecule has 0 spiro atoms. The number of benzene rings is 1. The normalized spacial score (nSPS) is 20.5. The summed E-state index contributed by atoms with van der Waals surface area (Å²) in [7, 11) is 0. The Labute approximate surface area is 160 Å². The zero-order chi connectivity index (χ0) is 17.6. The number of carbonyl (C=O) groups is 2. The molecular formula is C19H27ClFN3O2. The molecule has 2 N–H and O–H groups in total. The number of hydrogen-bond acceptors (Lipinski definition) is 3. The van der Waals surface area contributed by atoms with Crippen molar-refractivity contribution in [2.24, 2.45) is 5.92 Å². The Morgan fingerprint density at radius 2 is 1.85 bits per heavy atom. The number of nitrogens with one attached hydrogen (secondary N) is 2. The predicted molar refractivity (Wildman–Crippen MR) is 101 cm³/mol. The fraction of sp³-hybridized carbons (Fsp3) is 0.579. The van der Waals surface area contributed by atoms with Crippen molar-refractivity contribution in [2.45, 2.75) is 38.1 Å². The van der Waals surface area contributed by atoms with Gasteiger partial charge in [0.25, 0.3) is 5.91 Å². The summed E-state index contributed by atoms with van der Waals surface area (Å²) in [6.45, 7) is 3.48. The van der Waals surface area contributed by atoms with Crippen molar-refractivity contribution in [3.05, 3.63) is 35.6 Å². The van der Waals surface area contributed by atoms with Gasteiger partial charge >= 0.3 is 0 Å². The Morgan fingerprint density at radius 1 is 1.15 bits per heavy atom. The van der Waals surface area contributed by atoms with E-state index in [0.717, 1.165) is 32.4 Å². The third kappa shape index (κ3) is 5.68. The van der Waals surface area contributed by atoms with E-state index in [1.54, 1.807) is 0 Å². The first-order valence-corrected chi connectivity index (χ1v) is 9.17. The van der Waals surface area contributed by atoms with Crippen molar-refractivity contribution in [2.75, 3.05) is 26.2 Å². The molecule has 0 saturated carbocycles. The van der Waals surface area contributed by atoms with Gasteiger partial charge in [-0.2, -0.15) is 0 Å². The Morgan fingerprint density at radius 3 is 2.46 bits per heavy atom. The van der Waals surface area contributed by atoms with Crippen molar-refractivity contribution in [3.8, 4) is 0 Å². The molecule has 2 aliphatic rings. The van der Waals surface area contributed by atoms with Gasteiger partial charge in [-0.1, -0.05) is 0 Å². The van der Waals surface area contributed by atoms with Gasteiger partial charge in [0.05, 0.1) is 0 Å². The molecule has 5 nitrogen and oxygen atoms in total. The van der Waals surface area contributed by atoms with Crippen molar-refractivity contribution < 1.29 is 14.0 Å². The fourth-order valence-corrected chi connectivity index (χ4v) is 3.59. The molecule has 0 bridgehead atoms. The molecule has 1 aromatic carbocycles. The summed E-state index contributed by atoms with van der Waals surface area (Å²) in [5.74, 6) is 0.335. The van der Waals surface area contributed by atoms with Crippen LogP contribution in [0.4, 0.5) is 4.39 Å². The van der Waals surface area contributed by atoms with E-state index < -0.39 is 0 Å². The first-order chi connectivity index (χ1) is 12.1. The number of rotatable bonds is 5. The van der Waals surface area contributed by atoms with Crippen molar-refractivity contribution in [1.82, 2.24) is 15.5 Å². The van der Waals surface area contributed by atoms with Crippen LogP contribution in [0.25, 0.3) is 0 Å². The lowest BCUT2D eigenvalue weighted by atomic mass is 10.0. The Hall–Kier alpha value is -1.66. The molecule has 1 aromatic rings. The minimum atomic E-state index is -0.350. The monoisotopic (exact) mass is 383 g/mol. The summed E-state index contributed by atoms with van der Waals surface area (Å²) < 4.78 is 12.9. The minimum Gasteiger partial charge on any atom is -0.349 e. The molecule has 1 atom stereocenters. The number of likely N-dealkylation sites (tertiary alicyclic amines) is 1. The first-order valence-electron chi connectivity index (χ1n) is 9.17. The molecule has 1 unspecified atom stereocenters. The van der Waals surface area contributed by atoms with E-state index in [1.807, 2.05) is 4.90 Å². The van der Waals surface area contributed by atoms with Crippen molar-refractivity contribution >= 4 is 24.2 Å². The van der Waals surface area contributed by atoms with Crippen LogP contribution in [0.5, 0.6) is 0 Å². The highest BCUT2D eigenvalue weighted by molar-refractivity contribution is 5.94. The van der Waals surface area contributed by atoms with Crippen LogP contribution in [0.1, 0.15) is 42.5 Å². The smallest absolute Gasteiger partial charge is 0.251 e. The molecule has 3 rings (SSSR count). The molecule has 0 aromatic heterocycles. The van der Waals surface area contributed by atoms with Crippen LogP contribution in [0.2, 0.25) is 0 Å². The van der Waals surface area contributed by atoms with Gasteiger partial charge in [-0.05, 0) is 69.0 Å². The highest BCUT2D eigenvalue weighted by Crippen LogP contribution is 2.17. The number of piperidine rings is 1. The van der Waals surface area contributed by atoms with Gasteiger partial charge in [0.2, 0.25) is 5.91 Å². The van der Waals surface area contributed by atoms with Crippen LogP contribution in [0.3, 0.4) is 0 Å². The quantitative estimate of drug-likeness (QED) is 0.820. The van der Waals surface area contributed by atoms with E-state index in [4.69, 9.17) is 0 Å². The Balaban J connectivity index is 0.00000243. The van der Waals surface area contributed by atoms with Gasteiger partial charge in [-0.3, -0.25) is 9.59 Å². The predicted octanol–water partition coefficient (Wildman–Crippen LogP) is 2.36. The second-order valence-electron chi connectivity index (χ2n) is 7.03. The van der Waals surface area contributed by atoms with E-state index in [0.29, 0.717) is 31.0 Å². The second-order valence-corrected chi connectivity index (χ2v) is 7.03. The summed E-state index contributed by atoms with van der Waals surface area (Å²) in [5, 5.41) is 6.31. The van der Waals surface area contributed by atoms with Gasteiger partial charge < -0.3 is 15.5 Å². The maximum atomic E-state index is 12.9. The number of carbonyl (C=O) groups excluding carboxylic acids is 2. The minimum absolute atomic E-state index is 0. The molecule has 2 aliphatic heterocycles. The highest BCUT2D eigenvalue weighted by Gasteiger charge is 2.25. The maximum absolute atomic E-state index is 12.9. The molecule has 0 radical (unpaired) electrons. The van der Waals surface area contributed by atoms with E-state index in [9.17, 15) is 14.0 Å². The number of nitrogens with zero attached hydrogens (tertiary/aromatic N) is 1. The molecule has 2 saturated heterocycles. The van der Waals surface area contributed by atoms with Gasteiger partial charge in [-0.15, -0.1) is 12.4 Å². The topological polar surface area (TPSA) is 61.4 Å². The van der Waals surface area contributed by atoms with E-state index in [-0.39, 0.29) is 36.1 Å². The van der Waals surface area contributed by atoms with E-state index in [2.05, 4.69) is 10.6 Å². The summed E-state index contributed by atoms with van der Waals surface area (Å²) in [5.41, 5.74) is 0.463. The summed E-state index contributed by atoms with van der Waals surface area (Å²) in [4.78, 5) is 26.4. The van der Waals surface area contributed by atoms with Gasteiger partial charge in [0.15, 0.2) is 0 Å². The molecule has 0 aliphatic carbocycles. The second kappa shape index (κ2) is 9.88. The van der Waals surface area contributed by atoms with Crippen molar-refractivity contribution in [3.63, 3.8) is 0 Å². The average molecular weight is 384 g/mol. The summed E-state index contributed by atoms with van der Waals surface area (Å²) in [6.07, 6.45) is 4.30. The lowest BCUT2D eigenvalue weighted by Gasteiger charge is -2.32. The Kier molecular flexibility index (Phi) is 7.85. The molecular weight excluding hydrogens is 357 g/mol. The molecule has 7 heteroatoms. The zero-order valence-electron chi connectivity index (χ0n) is 14.9. The van der Waals surface area contributed by atoms with Crippen LogP contribution >= 0.6 is 12.4 Å². The third-order valence-corrected chi connectivity index (χ3v) is 5.22. The summed E-state index contributed by atoms with van der Waals surface area (Å²) in [6, 6.07) is 5.62. The van der Waals surface area contributed by atoms with E-state index >= 15 is 0 Å². The van der Waals surface area contributed by atoms with Gasteiger partial charge in [-0.25, -0.2) is 4.39 Å². The maximum Gasteiger partial charge on any atom is 0.251 e. The molecule has 2 heterocycles. The van der Waals surface area contributed by atoms with Gasteiger partial charge in [0, 0.05) is 31.1 Å². The van der Waals surface area contributed by atoms with Gasteiger partial charge in [0.1, 0.15) is 5.82 Å². The fourth-order valence-electron chi connectivity index (χ4n) is 3.59. The SMILES string of the molecule is Cl.O=C(NC1CCN(C(=O)CCC2CCNC2)CC1)c1ccc(F)cc1. The standard InChI is InChI=1S/C19H26FN3O2.ClH/c20-16-4-2-15(3-5-16)19(25)22-17-8-11-23(12-9-17)18(24)6-1-14-7-10-21-13-14;/h2-5,14,17,21H,1,6-13H2,(H,22,25);1H. The first kappa shape index (κ1) is 20.6. The Bertz CT molecular complexity index is 597. The van der Waals surface area contributed by atoms with Crippen molar-refractivity contribution in [1.29, 1.82) is 0 Å². The third-order valence-electron chi connectivity index (χ3n) is 5.22.